The fraction of sp³-hybridized carbons (Fsp3) is 0.409. The van der Waals surface area contributed by atoms with Gasteiger partial charge >= 0.3 is 0 Å². The number of nitrogens with zero attached hydrogens (tertiary/aromatic N) is 2. The van der Waals surface area contributed by atoms with Crippen molar-refractivity contribution in [3.8, 4) is 11.3 Å². The lowest BCUT2D eigenvalue weighted by Gasteiger charge is -2.20. The average Bonchev–Trinajstić information content (AvgIpc) is 3.44. The van der Waals surface area contributed by atoms with Crippen molar-refractivity contribution < 1.29 is 8.94 Å². The number of fused-ring (bicyclic) bond motifs is 1. The molecular formula is C22H26FN3OS. The Morgan fingerprint density at radius 3 is 2.75 bits per heavy atom. The first kappa shape index (κ1) is 19.4. The molecule has 0 aliphatic heterocycles. The Hall–Kier alpha value is -1.89. The molecule has 2 aromatic heterocycles. The van der Waals surface area contributed by atoms with Crippen LogP contribution >= 0.6 is 0 Å². The zero-order chi connectivity index (χ0) is 19.9. The molecular weight excluding hydrogens is 373 g/mol. The number of rotatable bonds is 6. The highest BCUT2D eigenvalue weighted by molar-refractivity contribution is 7.90. The molecule has 1 fully saturated rings. The molecule has 0 amide bonds. The molecule has 1 N–H and O–H groups in total. The van der Waals surface area contributed by atoms with Crippen molar-refractivity contribution in [3.05, 3.63) is 54.1 Å². The molecule has 148 valence electrons. The minimum atomic E-state index is -0.970. The number of nitrogens with one attached hydrogen (secondary N) is 1. The summed E-state index contributed by atoms with van der Waals surface area (Å²) in [5, 5.41) is 1.41. The average molecular weight is 400 g/mol. The van der Waals surface area contributed by atoms with Crippen molar-refractivity contribution in [1.29, 1.82) is 0 Å². The Bertz CT molecular complexity index is 991. The third-order valence-electron chi connectivity index (χ3n) is 4.87. The molecule has 1 aliphatic carbocycles. The molecule has 2 heterocycles. The molecule has 3 aromatic rings. The topological polar surface area (TPSA) is 52.9 Å². The van der Waals surface area contributed by atoms with Crippen LogP contribution in [0.15, 0.2) is 42.7 Å². The largest absolute Gasteiger partial charge is 0.598 e. The van der Waals surface area contributed by atoms with E-state index in [1.165, 1.54) is 6.07 Å². The zero-order valence-corrected chi connectivity index (χ0v) is 17.4. The normalized spacial score (nSPS) is 15.9. The second-order valence-electron chi connectivity index (χ2n) is 8.73. The van der Waals surface area contributed by atoms with Gasteiger partial charge in [-0.3, -0.25) is 4.98 Å². The van der Waals surface area contributed by atoms with Gasteiger partial charge in [0.25, 0.3) is 0 Å². The summed E-state index contributed by atoms with van der Waals surface area (Å²) in [7, 11) is 0. The monoisotopic (exact) mass is 399 g/mol. The third-order valence-corrected chi connectivity index (χ3v) is 6.38. The Balaban J connectivity index is 1.73. The lowest BCUT2D eigenvalue weighted by Crippen LogP contribution is -2.26. The molecule has 0 radical (unpaired) electrons. The maximum atomic E-state index is 14.2. The number of hydrogen-bond donors (Lipinski definition) is 1. The molecule has 1 aromatic carbocycles. The lowest BCUT2D eigenvalue weighted by molar-refractivity contribution is 0.349. The van der Waals surface area contributed by atoms with Crippen molar-refractivity contribution in [3.63, 3.8) is 0 Å². The van der Waals surface area contributed by atoms with Crippen LogP contribution in [0.25, 0.3) is 22.2 Å². The molecule has 1 saturated carbocycles. The van der Waals surface area contributed by atoms with E-state index in [9.17, 15) is 8.94 Å². The first-order valence-electron chi connectivity index (χ1n) is 9.68. The SMILES string of the molecule is CC(C)(C)Cn1cc(CN[S+]([O-])C2CC2)c2ccc(-c3ncccc3F)cc21. The number of pyridine rings is 1. The second kappa shape index (κ2) is 7.50. The van der Waals surface area contributed by atoms with Gasteiger partial charge in [-0.2, -0.15) is 0 Å². The molecule has 0 bridgehead atoms. The zero-order valence-electron chi connectivity index (χ0n) is 16.5. The van der Waals surface area contributed by atoms with Crippen LogP contribution < -0.4 is 4.72 Å². The van der Waals surface area contributed by atoms with Gasteiger partial charge in [-0.15, -0.1) is 4.72 Å². The summed E-state index contributed by atoms with van der Waals surface area (Å²) in [5.74, 6) is -0.322. The first-order valence-corrected chi connectivity index (χ1v) is 10.9. The van der Waals surface area contributed by atoms with E-state index in [4.69, 9.17) is 0 Å². The summed E-state index contributed by atoms with van der Waals surface area (Å²) < 4.78 is 31.8. The van der Waals surface area contributed by atoms with Crippen LogP contribution in [0.2, 0.25) is 0 Å². The van der Waals surface area contributed by atoms with Crippen LogP contribution in [0.4, 0.5) is 4.39 Å². The van der Waals surface area contributed by atoms with E-state index >= 15 is 0 Å². The summed E-state index contributed by atoms with van der Waals surface area (Å²) in [4.78, 5) is 4.22. The number of benzene rings is 1. The highest BCUT2D eigenvalue weighted by Gasteiger charge is 2.34. The van der Waals surface area contributed by atoms with E-state index in [1.54, 1.807) is 12.3 Å². The van der Waals surface area contributed by atoms with E-state index in [2.05, 4.69) is 41.2 Å². The Kier molecular flexibility index (Phi) is 5.21. The minimum absolute atomic E-state index is 0.0970. The van der Waals surface area contributed by atoms with E-state index in [0.29, 0.717) is 17.5 Å². The summed E-state index contributed by atoms with van der Waals surface area (Å²) in [6.45, 7) is 7.99. The van der Waals surface area contributed by atoms with E-state index in [1.807, 2.05) is 18.2 Å². The Labute approximate surface area is 168 Å². The van der Waals surface area contributed by atoms with Gasteiger partial charge in [0, 0.05) is 59.6 Å². The van der Waals surface area contributed by atoms with Crippen LogP contribution in [0.1, 0.15) is 39.2 Å². The van der Waals surface area contributed by atoms with Crippen LogP contribution in [0, 0.1) is 11.2 Å². The fourth-order valence-electron chi connectivity index (χ4n) is 3.44. The van der Waals surface area contributed by atoms with Crippen LogP contribution in [0.5, 0.6) is 0 Å². The smallest absolute Gasteiger partial charge is 0.149 e. The molecule has 0 saturated heterocycles. The number of aromatic nitrogens is 2. The van der Waals surface area contributed by atoms with Gasteiger partial charge in [-0.1, -0.05) is 32.9 Å². The van der Waals surface area contributed by atoms with Crippen LogP contribution in [-0.4, -0.2) is 19.4 Å². The van der Waals surface area contributed by atoms with Gasteiger partial charge in [-0.05, 0) is 29.2 Å². The predicted octanol–water partition coefficient (Wildman–Crippen LogP) is 4.80. The van der Waals surface area contributed by atoms with Crippen LogP contribution in [0.3, 0.4) is 0 Å². The highest BCUT2D eigenvalue weighted by atomic mass is 32.2. The third kappa shape index (κ3) is 4.24. The molecule has 4 nitrogen and oxygen atoms in total. The van der Waals surface area contributed by atoms with E-state index in [0.717, 1.165) is 41.4 Å². The number of hydrogen-bond acceptors (Lipinski definition) is 3. The minimum Gasteiger partial charge on any atom is -0.598 e. The molecule has 0 spiro atoms. The van der Waals surface area contributed by atoms with Gasteiger partial charge in [0.15, 0.2) is 0 Å². The predicted molar refractivity (Wildman–Crippen MR) is 113 cm³/mol. The van der Waals surface area contributed by atoms with Crippen molar-refractivity contribution >= 4 is 22.3 Å². The maximum absolute atomic E-state index is 14.2. The Morgan fingerprint density at radius 1 is 1.29 bits per heavy atom. The van der Waals surface area contributed by atoms with Crippen molar-refractivity contribution in [2.75, 3.05) is 0 Å². The quantitative estimate of drug-likeness (QED) is 0.606. The van der Waals surface area contributed by atoms with Gasteiger partial charge in [-0.25, -0.2) is 4.39 Å². The van der Waals surface area contributed by atoms with Crippen molar-refractivity contribution in [2.45, 2.75) is 52.0 Å². The molecule has 1 atom stereocenters. The standard InChI is InChI=1S/C22H26FN3OS/c1-22(2,3)14-26-13-16(12-25-28(27)17-7-8-17)18-9-6-15(11-20(18)26)21-19(23)5-4-10-24-21/h4-6,9-11,13,17,25H,7-8,12,14H2,1-3H3. The highest BCUT2D eigenvalue weighted by Crippen LogP contribution is 2.31. The summed E-state index contributed by atoms with van der Waals surface area (Å²) in [6.07, 6.45) is 5.83. The molecule has 28 heavy (non-hydrogen) atoms. The van der Waals surface area contributed by atoms with Gasteiger partial charge in [0.2, 0.25) is 0 Å². The first-order chi connectivity index (χ1) is 13.3. The van der Waals surface area contributed by atoms with Gasteiger partial charge in [0.1, 0.15) is 16.8 Å². The summed E-state index contributed by atoms with van der Waals surface area (Å²) in [5.41, 5.74) is 3.38. The van der Waals surface area contributed by atoms with Gasteiger partial charge < -0.3 is 9.12 Å². The lowest BCUT2D eigenvalue weighted by atomic mass is 9.97. The number of halogens is 1. The summed E-state index contributed by atoms with van der Waals surface area (Å²) >= 11 is -0.970. The van der Waals surface area contributed by atoms with E-state index in [-0.39, 0.29) is 11.2 Å². The molecule has 1 aliphatic rings. The maximum Gasteiger partial charge on any atom is 0.149 e. The Morgan fingerprint density at radius 2 is 2.07 bits per heavy atom. The molecule has 4 rings (SSSR count). The summed E-state index contributed by atoms with van der Waals surface area (Å²) in [6, 6.07) is 8.98. The molecule has 1 unspecified atom stereocenters. The molecule has 6 heteroatoms. The van der Waals surface area contributed by atoms with Gasteiger partial charge in [0.05, 0.1) is 6.54 Å². The fourth-order valence-corrected chi connectivity index (χ4v) is 4.54. The van der Waals surface area contributed by atoms with Crippen molar-refractivity contribution in [1.82, 2.24) is 14.3 Å². The van der Waals surface area contributed by atoms with E-state index < -0.39 is 11.4 Å². The second-order valence-corrected chi connectivity index (χ2v) is 10.3. The van der Waals surface area contributed by atoms with Crippen molar-refractivity contribution in [2.24, 2.45) is 5.41 Å². The van der Waals surface area contributed by atoms with Crippen LogP contribution in [-0.2, 0) is 24.5 Å².